The van der Waals surface area contributed by atoms with Crippen LogP contribution >= 0.6 is 0 Å². The van der Waals surface area contributed by atoms with Crippen LogP contribution in [-0.4, -0.2) is 31.2 Å². The molecule has 3 fully saturated rings. The number of amides is 2. The normalized spacial score (nSPS) is 43.8. The lowest BCUT2D eigenvalue weighted by atomic mass is 9.34. The molecule has 0 radical (unpaired) electrons. The van der Waals surface area contributed by atoms with E-state index < -0.39 is 10.8 Å². The summed E-state index contributed by atoms with van der Waals surface area (Å²) in [6.45, 7) is 16.1. The molecule has 212 valence electrons. The Bertz CT molecular complexity index is 1240. The number of urea groups is 1. The lowest BCUT2D eigenvalue weighted by Gasteiger charge is -2.69. The molecule has 2 amide bonds. The second-order valence-electron chi connectivity index (χ2n) is 15.6. The maximum atomic E-state index is 14.5. The van der Waals surface area contributed by atoms with Crippen molar-refractivity contribution in [2.24, 2.45) is 50.2 Å². The Labute approximate surface area is 234 Å². The van der Waals surface area contributed by atoms with Gasteiger partial charge in [-0.1, -0.05) is 60.1 Å². The van der Waals surface area contributed by atoms with Crippen LogP contribution in [0.3, 0.4) is 0 Å². The van der Waals surface area contributed by atoms with E-state index in [0.717, 1.165) is 50.5 Å². The van der Waals surface area contributed by atoms with Crippen molar-refractivity contribution in [3.63, 3.8) is 0 Å². The van der Waals surface area contributed by atoms with Crippen molar-refractivity contribution in [1.29, 1.82) is 5.26 Å². The minimum Gasteiger partial charge on any atom is -0.341 e. The van der Waals surface area contributed by atoms with Crippen LogP contribution in [0.15, 0.2) is 23.3 Å². The van der Waals surface area contributed by atoms with E-state index in [4.69, 9.17) is 0 Å². The molecule has 5 aliphatic carbocycles. The van der Waals surface area contributed by atoms with Gasteiger partial charge >= 0.3 is 6.03 Å². The zero-order chi connectivity index (χ0) is 28.8. The summed E-state index contributed by atoms with van der Waals surface area (Å²) in [6, 6.07) is 2.03. The van der Waals surface area contributed by atoms with Crippen molar-refractivity contribution < 1.29 is 14.4 Å². The van der Waals surface area contributed by atoms with Crippen LogP contribution in [0.5, 0.6) is 0 Å². The van der Waals surface area contributed by atoms with Gasteiger partial charge in [0.25, 0.3) is 0 Å². The molecule has 0 aromatic heterocycles. The summed E-state index contributed by atoms with van der Waals surface area (Å²) >= 11 is 0. The number of carbonyl (C=O) groups excluding carboxylic acids is 3. The zero-order valence-electron chi connectivity index (χ0n) is 25.2. The molecule has 5 aliphatic rings. The average molecular weight is 534 g/mol. The summed E-state index contributed by atoms with van der Waals surface area (Å²) in [6.07, 6.45) is 10.7. The summed E-state index contributed by atoms with van der Waals surface area (Å²) in [4.78, 5) is 40.0. The number of Topliss-reactive ketones (excluding diaryl/α,β-unsaturated/α-hetero) is 1. The van der Waals surface area contributed by atoms with Gasteiger partial charge in [-0.2, -0.15) is 5.26 Å². The van der Waals surface area contributed by atoms with Crippen molar-refractivity contribution >= 4 is 17.6 Å². The summed E-state index contributed by atoms with van der Waals surface area (Å²) in [5.74, 6) is 0.275. The van der Waals surface area contributed by atoms with Crippen LogP contribution in [0.2, 0.25) is 0 Å². The Hall–Kier alpha value is -2.42. The molecule has 6 nitrogen and oxygen atoms in total. The van der Waals surface area contributed by atoms with Crippen LogP contribution in [0.1, 0.15) is 93.4 Å². The standard InChI is InChI=1S/C33H47N3O3/c1-28(2)11-13-33(19-36-27(39)35-8)14-12-32(7)25(21(33)17-28)22(37)15-24-30(5)16-20(18-34)26(38)29(3,4)23(30)9-10-31(24,32)6/h15-16,21,23,25H,9-14,17,19H2,1-8H3,(H2,35,36,39)/t21-,23-,25-,30-,31+,32+,33+/m0/s1. The van der Waals surface area contributed by atoms with Gasteiger partial charge in [-0.15, -0.1) is 0 Å². The third-order valence-corrected chi connectivity index (χ3v) is 12.9. The van der Waals surface area contributed by atoms with E-state index in [1.807, 2.05) is 26.0 Å². The first-order valence-corrected chi connectivity index (χ1v) is 14.9. The maximum absolute atomic E-state index is 14.5. The van der Waals surface area contributed by atoms with E-state index in [0.29, 0.717) is 6.54 Å². The number of hydrogen-bond acceptors (Lipinski definition) is 4. The van der Waals surface area contributed by atoms with Gasteiger partial charge in [0.2, 0.25) is 0 Å². The number of fused-ring (bicyclic) bond motifs is 7. The molecule has 0 bridgehead atoms. The fourth-order valence-electron chi connectivity index (χ4n) is 10.4. The number of nitrogens with zero attached hydrogens (tertiary/aromatic N) is 1. The molecule has 39 heavy (non-hydrogen) atoms. The molecule has 3 saturated carbocycles. The van der Waals surface area contributed by atoms with E-state index >= 15 is 0 Å². The molecule has 0 aromatic rings. The van der Waals surface area contributed by atoms with Crippen molar-refractivity contribution in [1.82, 2.24) is 10.6 Å². The second kappa shape index (κ2) is 8.54. The first-order valence-electron chi connectivity index (χ1n) is 14.9. The number of allylic oxidation sites excluding steroid dienone is 4. The first kappa shape index (κ1) is 28.1. The first-order chi connectivity index (χ1) is 18.0. The molecule has 7 atom stereocenters. The van der Waals surface area contributed by atoms with Gasteiger partial charge < -0.3 is 10.6 Å². The zero-order valence-corrected chi connectivity index (χ0v) is 25.2. The molecule has 0 aromatic carbocycles. The fourth-order valence-corrected chi connectivity index (χ4v) is 10.4. The SMILES string of the molecule is CNC(=O)NC[C@]12CCC(C)(C)C[C@H]1[C@H]1C(=O)C=C3[C@@]4(C)C=C(C#N)C(=O)C(C)(C)[C@@H]4CC[C@@]3(C)[C@]1(C)CC2. The van der Waals surface area contributed by atoms with Gasteiger partial charge in [-0.05, 0) is 84.5 Å². The van der Waals surface area contributed by atoms with Gasteiger partial charge in [0, 0.05) is 30.3 Å². The van der Waals surface area contributed by atoms with Crippen molar-refractivity contribution in [3.8, 4) is 6.07 Å². The van der Waals surface area contributed by atoms with Crippen LogP contribution in [0.25, 0.3) is 0 Å². The molecule has 0 aliphatic heterocycles. The Kier molecular flexibility index (Phi) is 6.16. The number of ketones is 2. The summed E-state index contributed by atoms with van der Waals surface area (Å²) < 4.78 is 0. The molecular weight excluding hydrogens is 486 g/mol. The highest BCUT2D eigenvalue weighted by Crippen LogP contribution is 2.74. The van der Waals surface area contributed by atoms with Crippen LogP contribution in [0.4, 0.5) is 4.79 Å². The number of rotatable bonds is 2. The summed E-state index contributed by atoms with van der Waals surface area (Å²) in [5, 5.41) is 15.7. The largest absolute Gasteiger partial charge is 0.341 e. The Morgan fingerprint density at radius 2 is 1.69 bits per heavy atom. The lowest BCUT2D eigenvalue weighted by molar-refractivity contribution is -0.170. The molecule has 2 N–H and O–H groups in total. The fraction of sp³-hybridized carbons (Fsp3) is 0.758. The smallest absolute Gasteiger partial charge is 0.314 e. The van der Waals surface area contributed by atoms with Crippen LogP contribution in [0, 0.1) is 61.6 Å². The van der Waals surface area contributed by atoms with Gasteiger partial charge in [0.15, 0.2) is 11.6 Å². The topological polar surface area (TPSA) is 99.1 Å². The quantitative estimate of drug-likeness (QED) is 0.446. The van der Waals surface area contributed by atoms with Crippen molar-refractivity contribution in [3.05, 3.63) is 23.3 Å². The molecule has 0 heterocycles. The predicted molar refractivity (Wildman–Crippen MR) is 151 cm³/mol. The summed E-state index contributed by atoms with van der Waals surface area (Å²) in [5.41, 5.74) is -0.187. The molecule has 0 spiro atoms. The number of nitrogens with one attached hydrogen (secondary N) is 2. The van der Waals surface area contributed by atoms with E-state index in [2.05, 4.69) is 51.3 Å². The van der Waals surface area contributed by atoms with Gasteiger partial charge in [-0.3, -0.25) is 9.59 Å². The summed E-state index contributed by atoms with van der Waals surface area (Å²) in [7, 11) is 1.65. The molecule has 5 rings (SSSR count). The molecular formula is C33H47N3O3. The second-order valence-corrected chi connectivity index (χ2v) is 15.6. The van der Waals surface area contributed by atoms with Gasteiger partial charge in [0.05, 0.1) is 5.57 Å². The number of carbonyl (C=O) groups is 3. The molecule has 0 unspecified atom stereocenters. The highest BCUT2D eigenvalue weighted by atomic mass is 16.2. The monoisotopic (exact) mass is 533 g/mol. The lowest BCUT2D eigenvalue weighted by Crippen LogP contribution is -2.66. The number of nitriles is 1. The maximum Gasteiger partial charge on any atom is 0.314 e. The van der Waals surface area contributed by atoms with Crippen molar-refractivity contribution in [2.45, 2.75) is 93.4 Å². The minimum atomic E-state index is -0.655. The third kappa shape index (κ3) is 3.67. The average Bonchev–Trinajstić information content (AvgIpc) is 2.86. The van der Waals surface area contributed by atoms with E-state index in [-0.39, 0.29) is 62.6 Å². The van der Waals surface area contributed by atoms with Crippen LogP contribution in [-0.2, 0) is 9.59 Å². The number of hydrogen-bond donors (Lipinski definition) is 2. The minimum absolute atomic E-state index is 0.0509. The predicted octanol–water partition coefficient (Wildman–Crippen LogP) is 6.13. The van der Waals surface area contributed by atoms with Crippen LogP contribution < -0.4 is 10.6 Å². The molecule has 0 saturated heterocycles. The highest BCUT2D eigenvalue weighted by molar-refractivity contribution is 6.04. The Morgan fingerprint density at radius 3 is 2.33 bits per heavy atom. The van der Waals surface area contributed by atoms with E-state index in [1.54, 1.807) is 7.05 Å². The van der Waals surface area contributed by atoms with Gasteiger partial charge in [-0.25, -0.2) is 4.79 Å². The molecule has 6 heteroatoms. The van der Waals surface area contributed by atoms with E-state index in [1.165, 1.54) is 0 Å². The van der Waals surface area contributed by atoms with Crippen molar-refractivity contribution in [2.75, 3.05) is 13.6 Å². The Morgan fingerprint density at radius 1 is 1.03 bits per heavy atom. The Balaban J connectivity index is 1.65. The highest BCUT2D eigenvalue weighted by Gasteiger charge is 2.69. The van der Waals surface area contributed by atoms with E-state index in [9.17, 15) is 19.6 Å². The third-order valence-electron chi connectivity index (χ3n) is 12.9. The van der Waals surface area contributed by atoms with Gasteiger partial charge in [0.1, 0.15) is 6.07 Å².